The van der Waals surface area contributed by atoms with Crippen LogP contribution in [0.3, 0.4) is 0 Å². The van der Waals surface area contributed by atoms with Crippen molar-refractivity contribution in [3.8, 4) is 11.5 Å². The van der Waals surface area contributed by atoms with Crippen LogP contribution in [0.25, 0.3) is 0 Å². The van der Waals surface area contributed by atoms with Gasteiger partial charge in [0.15, 0.2) is 0 Å². The summed E-state index contributed by atoms with van der Waals surface area (Å²) in [5, 5.41) is 0. The van der Waals surface area contributed by atoms with Crippen LogP contribution in [0.5, 0.6) is 11.5 Å². The van der Waals surface area contributed by atoms with Crippen LogP contribution in [0, 0.1) is 0 Å². The molecule has 18 heavy (non-hydrogen) atoms. The second kappa shape index (κ2) is 6.28. The van der Waals surface area contributed by atoms with Crippen molar-refractivity contribution in [3.63, 3.8) is 0 Å². The molecule has 1 amide bonds. The smallest absolute Gasteiger partial charge is 0.415 e. The number of nitrogens with zero attached hydrogens (tertiary/aromatic N) is 1. The Hall–Kier alpha value is -1.71. The minimum absolute atomic E-state index is 0.100. The summed E-state index contributed by atoms with van der Waals surface area (Å²) >= 11 is 0. The van der Waals surface area contributed by atoms with Crippen LogP contribution in [-0.2, 0) is 0 Å². The summed E-state index contributed by atoms with van der Waals surface area (Å²) in [6, 6.07) is 7.22. The van der Waals surface area contributed by atoms with Gasteiger partial charge in [0.05, 0.1) is 7.11 Å². The van der Waals surface area contributed by atoms with Gasteiger partial charge in [0.25, 0.3) is 0 Å². The van der Waals surface area contributed by atoms with Crippen LogP contribution in [0.2, 0.25) is 0 Å². The highest BCUT2D eigenvalue weighted by atomic mass is 16.6. The van der Waals surface area contributed by atoms with Crippen molar-refractivity contribution in [2.75, 3.05) is 7.11 Å². The van der Waals surface area contributed by atoms with E-state index in [0.717, 1.165) is 0 Å². The van der Waals surface area contributed by atoms with Crippen molar-refractivity contribution >= 4 is 6.09 Å². The number of methoxy groups -OCH3 is 1. The SMILES string of the molecule is COc1cccc(OC(=O)N(C(C)C)C(C)C)c1. The lowest BCUT2D eigenvalue weighted by molar-refractivity contribution is 0.122. The van der Waals surface area contributed by atoms with Crippen LogP contribution >= 0.6 is 0 Å². The first-order chi connectivity index (χ1) is 8.45. The lowest BCUT2D eigenvalue weighted by Crippen LogP contribution is -2.43. The molecule has 100 valence electrons. The number of hydrogen-bond acceptors (Lipinski definition) is 3. The van der Waals surface area contributed by atoms with Gasteiger partial charge in [0.1, 0.15) is 11.5 Å². The molecule has 0 atom stereocenters. The van der Waals surface area contributed by atoms with E-state index in [1.165, 1.54) is 0 Å². The molecule has 0 aliphatic heterocycles. The van der Waals surface area contributed by atoms with E-state index in [1.54, 1.807) is 36.3 Å². The molecule has 0 aliphatic rings. The first kappa shape index (κ1) is 14.4. The monoisotopic (exact) mass is 251 g/mol. The second-order valence-electron chi connectivity index (χ2n) is 4.64. The third kappa shape index (κ3) is 3.65. The number of ether oxygens (including phenoxy) is 2. The van der Waals surface area contributed by atoms with Crippen molar-refractivity contribution in [1.82, 2.24) is 4.90 Å². The van der Waals surface area contributed by atoms with Crippen LogP contribution in [0.1, 0.15) is 27.7 Å². The van der Waals surface area contributed by atoms with Crippen LogP contribution in [-0.4, -0.2) is 30.2 Å². The molecule has 1 rings (SSSR count). The Labute approximate surface area is 108 Å². The van der Waals surface area contributed by atoms with Gasteiger partial charge in [-0.3, -0.25) is 0 Å². The van der Waals surface area contributed by atoms with Crippen molar-refractivity contribution in [2.24, 2.45) is 0 Å². The Morgan fingerprint density at radius 2 is 1.67 bits per heavy atom. The van der Waals surface area contributed by atoms with E-state index in [9.17, 15) is 4.79 Å². The molecule has 1 aromatic carbocycles. The molecule has 0 bridgehead atoms. The van der Waals surface area contributed by atoms with Gasteiger partial charge < -0.3 is 14.4 Å². The third-order valence-electron chi connectivity index (χ3n) is 2.57. The van der Waals surface area contributed by atoms with Gasteiger partial charge in [-0.1, -0.05) is 6.07 Å². The molecule has 0 heterocycles. The van der Waals surface area contributed by atoms with E-state index in [1.807, 2.05) is 27.7 Å². The molecule has 0 fully saturated rings. The van der Waals surface area contributed by atoms with Gasteiger partial charge in [-0.15, -0.1) is 0 Å². The predicted molar refractivity (Wildman–Crippen MR) is 71.1 cm³/mol. The molecule has 0 N–H and O–H groups in total. The normalized spacial score (nSPS) is 10.6. The summed E-state index contributed by atoms with van der Waals surface area (Å²) in [6.07, 6.45) is -0.340. The second-order valence-corrected chi connectivity index (χ2v) is 4.64. The van der Waals surface area contributed by atoms with Crippen molar-refractivity contribution < 1.29 is 14.3 Å². The Kier molecular flexibility index (Phi) is 5.01. The van der Waals surface area contributed by atoms with Gasteiger partial charge in [-0.05, 0) is 39.8 Å². The summed E-state index contributed by atoms with van der Waals surface area (Å²) in [4.78, 5) is 13.8. The molecule has 0 aromatic heterocycles. The van der Waals surface area contributed by atoms with Crippen molar-refractivity contribution in [2.45, 2.75) is 39.8 Å². The van der Waals surface area contributed by atoms with Crippen molar-refractivity contribution in [3.05, 3.63) is 24.3 Å². The van der Waals surface area contributed by atoms with E-state index in [4.69, 9.17) is 9.47 Å². The van der Waals surface area contributed by atoms with E-state index in [2.05, 4.69) is 0 Å². The minimum Gasteiger partial charge on any atom is -0.497 e. The topological polar surface area (TPSA) is 38.8 Å². The predicted octanol–water partition coefficient (Wildman–Crippen LogP) is 3.31. The lowest BCUT2D eigenvalue weighted by Gasteiger charge is -2.29. The summed E-state index contributed by atoms with van der Waals surface area (Å²) in [5.41, 5.74) is 0. The molecule has 0 saturated heterocycles. The molecule has 4 heteroatoms. The zero-order valence-corrected chi connectivity index (χ0v) is 11.6. The zero-order chi connectivity index (χ0) is 13.7. The lowest BCUT2D eigenvalue weighted by atomic mass is 10.2. The molecule has 0 radical (unpaired) electrons. The fourth-order valence-electron chi connectivity index (χ4n) is 1.84. The number of carbonyl (C=O) groups excluding carboxylic acids is 1. The van der Waals surface area contributed by atoms with Gasteiger partial charge in [0.2, 0.25) is 0 Å². The first-order valence-electron chi connectivity index (χ1n) is 6.10. The van der Waals surface area contributed by atoms with Crippen molar-refractivity contribution in [1.29, 1.82) is 0 Å². The minimum atomic E-state index is -0.340. The van der Waals surface area contributed by atoms with Gasteiger partial charge in [-0.25, -0.2) is 4.79 Å². The fourth-order valence-corrected chi connectivity index (χ4v) is 1.84. The molecule has 0 unspecified atom stereocenters. The number of amides is 1. The number of hydrogen-bond donors (Lipinski definition) is 0. The largest absolute Gasteiger partial charge is 0.497 e. The summed E-state index contributed by atoms with van der Waals surface area (Å²) in [6.45, 7) is 7.86. The molecular weight excluding hydrogens is 230 g/mol. The number of benzene rings is 1. The van der Waals surface area contributed by atoms with Gasteiger partial charge >= 0.3 is 6.09 Å². The average molecular weight is 251 g/mol. The molecule has 1 aromatic rings. The molecule has 0 aliphatic carbocycles. The number of rotatable bonds is 4. The summed E-state index contributed by atoms with van der Waals surface area (Å²) < 4.78 is 10.4. The Bertz CT molecular complexity index is 394. The van der Waals surface area contributed by atoms with E-state index < -0.39 is 0 Å². The summed E-state index contributed by atoms with van der Waals surface area (Å²) in [7, 11) is 1.58. The summed E-state index contributed by atoms with van der Waals surface area (Å²) in [5.74, 6) is 1.16. The van der Waals surface area contributed by atoms with Gasteiger partial charge in [0, 0.05) is 18.2 Å². The van der Waals surface area contributed by atoms with E-state index in [0.29, 0.717) is 11.5 Å². The fraction of sp³-hybridized carbons (Fsp3) is 0.500. The van der Waals surface area contributed by atoms with Crippen LogP contribution in [0.4, 0.5) is 4.79 Å². The molecular formula is C14H21NO3. The number of carbonyl (C=O) groups is 1. The van der Waals surface area contributed by atoms with Crippen LogP contribution < -0.4 is 9.47 Å². The quantitative estimate of drug-likeness (QED) is 0.824. The highest BCUT2D eigenvalue weighted by Crippen LogP contribution is 2.20. The maximum atomic E-state index is 12.1. The highest BCUT2D eigenvalue weighted by Gasteiger charge is 2.22. The first-order valence-corrected chi connectivity index (χ1v) is 6.10. The van der Waals surface area contributed by atoms with E-state index in [-0.39, 0.29) is 18.2 Å². The standard InChI is InChI=1S/C14H21NO3/c1-10(2)15(11(3)4)14(16)18-13-8-6-7-12(9-13)17-5/h6-11H,1-5H3. The zero-order valence-electron chi connectivity index (χ0n) is 11.6. The maximum Gasteiger partial charge on any atom is 0.415 e. The Morgan fingerprint density at radius 3 is 2.17 bits per heavy atom. The van der Waals surface area contributed by atoms with Gasteiger partial charge in [-0.2, -0.15) is 0 Å². The van der Waals surface area contributed by atoms with E-state index >= 15 is 0 Å². The third-order valence-corrected chi connectivity index (χ3v) is 2.57. The molecule has 0 saturated carbocycles. The van der Waals surface area contributed by atoms with Crippen LogP contribution in [0.15, 0.2) is 24.3 Å². The molecule has 4 nitrogen and oxygen atoms in total. The maximum absolute atomic E-state index is 12.1. The average Bonchev–Trinajstić information content (AvgIpc) is 2.28. The Morgan fingerprint density at radius 1 is 1.11 bits per heavy atom. The highest BCUT2D eigenvalue weighted by molar-refractivity contribution is 5.71. The Balaban J connectivity index is 2.79. The molecule has 0 spiro atoms.